The van der Waals surface area contributed by atoms with Gasteiger partial charge in [0.2, 0.25) is 0 Å². The number of guanidine groups is 2. The molecule has 0 saturated carbocycles. The molecule has 2 radical (unpaired) electrons. The second-order valence-corrected chi connectivity index (χ2v) is 2.92. The number of carbonyl (C=O) groups excluding carboxylic acids is 2. The summed E-state index contributed by atoms with van der Waals surface area (Å²) in [5.41, 5.74) is 9.68. The maximum atomic E-state index is 9.72. The van der Waals surface area contributed by atoms with Crippen molar-refractivity contribution in [1.82, 2.24) is 10.6 Å². The molecule has 0 bridgehead atoms. The molecule has 0 atom stereocenters. The van der Waals surface area contributed by atoms with Gasteiger partial charge in [-0.3, -0.25) is 10.8 Å². The van der Waals surface area contributed by atoms with Gasteiger partial charge < -0.3 is 41.9 Å². The summed E-state index contributed by atoms with van der Waals surface area (Å²) in [6.07, 6.45) is -0.251. The molecule has 0 spiro atoms. The van der Waals surface area contributed by atoms with Crippen LogP contribution in [0.25, 0.3) is 0 Å². The number of nitrogens with two attached hydrogens (primary N) is 2. The first-order valence-electron chi connectivity index (χ1n) is 4.81. The van der Waals surface area contributed by atoms with Crippen LogP contribution in [0, 0.1) is 10.8 Å². The summed E-state index contributed by atoms with van der Waals surface area (Å²) in [7, 11) is 0. The van der Waals surface area contributed by atoms with E-state index in [0.29, 0.717) is 0 Å². The van der Waals surface area contributed by atoms with Crippen molar-refractivity contribution in [2.45, 2.75) is 12.8 Å². The number of carbonyl (C=O) groups is 2. The zero-order valence-corrected chi connectivity index (χ0v) is 14.0. The van der Waals surface area contributed by atoms with Crippen LogP contribution in [0.15, 0.2) is 0 Å². The summed E-state index contributed by atoms with van der Waals surface area (Å²) >= 11 is 0. The van der Waals surface area contributed by atoms with Gasteiger partial charge in [0.15, 0.2) is 11.9 Å². The minimum atomic E-state index is -1.15. The minimum Gasteiger partial charge on any atom is -0.550 e. The molecule has 0 aromatic carbocycles. The molecular weight excluding hydrogens is 451 g/mol. The molecule has 10 nitrogen and oxygen atoms in total. The third-order valence-corrected chi connectivity index (χ3v) is 1.29. The maximum absolute atomic E-state index is 9.72. The van der Waals surface area contributed by atoms with Crippen molar-refractivity contribution in [1.29, 1.82) is 10.8 Å². The van der Waals surface area contributed by atoms with Gasteiger partial charge in [0, 0.05) is 37.9 Å². The molecule has 106 valence electrons. The Balaban J connectivity index is -0.000000256. The van der Waals surface area contributed by atoms with E-state index in [2.05, 4.69) is 10.6 Å². The van der Waals surface area contributed by atoms with E-state index in [1.165, 1.54) is 0 Å². The average Bonchev–Trinajstić information content (AvgIpc) is 2.15. The summed E-state index contributed by atoms with van der Waals surface area (Å²) in [6, 6.07) is 0. The fourth-order valence-electron chi connectivity index (χ4n) is 0.598. The Kier molecular flexibility index (Phi) is 17.2. The van der Waals surface area contributed by atoms with Crippen LogP contribution in [0.2, 0.25) is 0 Å². The fraction of sp³-hybridized carbons (Fsp3) is 0.500. The van der Waals surface area contributed by atoms with Crippen molar-refractivity contribution in [3.8, 4) is 0 Å². The van der Waals surface area contributed by atoms with Crippen LogP contribution in [0.4, 0.5) is 0 Å². The molecule has 19 heavy (non-hydrogen) atoms. The number of aliphatic carboxylic acids is 2. The Morgan fingerprint density at radius 1 is 0.895 bits per heavy atom. The second kappa shape index (κ2) is 14.5. The quantitative estimate of drug-likeness (QED) is 0.126. The van der Waals surface area contributed by atoms with Crippen LogP contribution < -0.4 is 32.3 Å². The molecule has 0 saturated heterocycles. The average molecular weight is 467 g/mol. The predicted octanol–water partition coefficient (Wildman–Crippen LogP) is -5.16. The largest absolute Gasteiger partial charge is 2.00 e. The minimum absolute atomic E-state index is 0. The van der Waals surface area contributed by atoms with Gasteiger partial charge in [-0.2, -0.15) is 0 Å². The van der Waals surface area contributed by atoms with Crippen molar-refractivity contribution >= 4 is 51.2 Å². The molecule has 0 heterocycles. The van der Waals surface area contributed by atoms with Crippen LogP contribution >= 0.6 is 0 Å². The molecule has 0 aliphatic heterocycles. The van der Waals surface area contributed by atoms with E-state index in [-0.39, 0.29) is 65.1 Å². The van der Waals surface area contributed by atoms with Crippen molar-refractivity contribution in [2.24, 2.45) is 11.5 Å². The van der Waals surface area contributed by atoms with E-state index in [4.69, 9.17) is 22.3 Å². The molecular formula is C8H16N6O4Pb. The van der Waals surface area contributed by atoms with Gasteiger partial charge in [0.05, 0.1) is 0 Å². The SMILES string of the molecule is N=C(N)NCCC(=O)[O-].N=C(N)NCCC(=O)[O-].[Pb+2]. The van der Waals surface area contributed by atoms with Crippen LogP contribution in [-0.4, -0.2) is 64.2 Å². The van der Waals surface area contributed by atoms with Gasteiger partial charge in [0.25, 0.3) is 0 Å². The normalized spacial score (nSPS) is 8.00. The Labute approximate surface area is 130 Å². The molecule has 0 fully saturated rings. The second-order valence-electron chi connectivity index (χ2n) is 2.92. The summed E-state index contributed by atoms with van der Waals surface area (Å²) in [6.45, 7) is 0.301. The maximum Gasteiger partial charge on any atom is 2.00 e. The van der Waals surface area contributed by atoms with Crippen LogP contribution in [0.5, 0.6) is 0 Å². The third kappa shape index (κ3) is 31.4. The topological polar surface area (TPSA) is 204 Å². The predicted molar refractivity (Wildman–Crippen MR) is 64.8 cm³/mol. The number of hydrogen-bond acceptors (Lipinski definition) is 6. The Morgan fingerprint density at radius 2 is 1.16 bits per heavy atom. The molecule has 0 unspecified atom stereocenters. The first-order valence-corrected chi connectivity index (χ1v) is 4.81. The third-order valence-electron chi connectivity index (χ3n) is 1.29. The summed E-state index contributed by atoms with van der Waals surface area (Å²) in [5, 5.41) is 37.3. The fourth-order valence-corrected chi connectivity index (χ4v) is 0.598. The smallest absolute Gasteiger partial charge is 0.550 e. The molecule has 0 aromatic heterocycles. The molecule has 0 aliphatic carbocycles. The van der Waals surface area contributed by atoms with E-state index in [9.17, 15) is 19.8 Å². The zero-order valence-electron chi connectivity index (χ0n) is 10.1. The van der Waals surface area contributed by atoms with E-state index >= 15 is 0 Å². The van der Waals surface area contributed by atoms with E-state index in [0.717, 1.165) is 0 Å². The van der Waals surface area contributed by atoms with E-state index < -0.39 is 11.9 Å². The van der Waals surface area contributed by atoms with Crippen molar-refractivity contribution in [3.05, 3.63) is 0 Å². The van der Waals surface area contributed by atoms with Gasteiger partial charge in [-0.05, 0) is 0 Å². The Morgan fingerprint density at radius 3 is 1.32 bits per heavy atom. The first-order chi connectivity index (χ1) is 8.25. The number of rotatable bonds is 6. The summed E-state index contributed by atoms with van der Waals surface area (Å²) in [4.78, 5) is 19.4. The summed E-state index contributed by atoms with van der Waals surface area (Å²) in [5.74, 6) is -2.75. The van der Waals surface area contributed by atoms with Crippen LogP contribution in [-0.2, 0) is 9.59 Å². The Hall–Kier alpha value is -1.60. The first kappa shape index (κ1) is 22.6. The molecule has 0 aliphatic rings. The van der Waals surface area contributed by atoms with Crippen LogP contribution in [0.3, 0.4) is 0 Å². The van der Waals surface area contributed by atoms with Gasteiger partial charge in [-0.1, -0.05) is 0 Å². The monoisotopic (exact) mass is 468 g/mol. The molecule has 0 amide bonds. The number of carboxylic acid groups (broad SMARTS) is 2. The van der Waals surface area contributed by atoms with Crippen molar-refractivity contribution < 1.29 is 19.8 Å². The van der Waals surface area contributed by atoms with Gasteiger partial charge in [-0.25, -0.2) is 0 Å². The van der Waals surface area contributed by atoms with Crippen molar-refractivity contribution in [2.75, 3.05) is 13.1 Å². The van der Waals surface area contributed by atoms with Gasteiger partial charge in [0.1, 0.15) is 0 Å². The van der Waals surface area contributed by atoms with Crippen LogP contribution in [0.1, 0.15) is 12.8 Å². The van der Waals surface area contributed by atoms with Gasteiger partial charge in [-0.15, -0.1) is 0 Å². The number of carboxylic acids is 2. The molecule has 0 rings (SSSR count). The van der Waals surface area contributed by atoms with Crippen molar-refractivity contribution in [3.63, 3.8) is 0 Å². The number of nitrogens with one attached hydrogen (secondary N) is 4. The number of hydrogen-bond donors (Lipinski definition) is 6. The zero-order chi connectivity index (χ0) is 14.6. The molecule has 0 aromatic rings. The molecule has 8 N–H and O–H groups in total. The van der Waals surface area contributed by atoms with E-state index in [1.807, 2.05) is 0 Å². The summed E-state index contributed by atoms with van der Waals surface area (Å²) < 4.78 is 0. The molecule has 11 heteroatoms. The van der Waals surface area contributed by atoms with E-state index in [1.54, 1.807) is 0 Å². The van der Waals surface area contributed by atoms with Gasteiger partial charge >= 0.3 is 27.3 Å². The standard InChI is InChI=1S/2C4H9N3O2.Pb/c2*5-4(6)7-2-1-3(8)9;/h2*1-2H2,(H,8,9)(H4,5,6,7);/q;;+2/p-2. The Bertz CT molecular complexity index is 254.